The number of hydrogen-bond donors (Lipinski definition) is 4. The number of nitrogens with two attached hydrogens (primary N) is 1. The zero-order valence-electron chi connectivity index (χ0n) is 17.4. The van der Waals surface area contributed by atoms with Gasteiger partial charge in [0.25, 0.3) is 0 Å². The lowest BCUT2D eigenvalue weighted by molar-refractivity contribution is -0.0149. The van der Waals surface area contributed by atoms with Crippen LogP contribution in [0.4, 0.5) is 4.79 Å². The van der Waals surface area contributed by atoms with Crippen LogP contribution in [0.5, 0.6) is 0 Å². The Labute approximate surface area is 163 Å². The van der Waals surface area contributed by atoms with Crippen molar-refractivity contribution in [1.29, 1.82) is 0 Å². The monoisotopic (exact) mass is 380 g/mol. The van der Waals surface area contributed by atoms with Gasteiger partial charge in [-0.1, -0.05) is 18.6 Å². The van der Waals surface area contributed by atoms with Gasteiger partial charge in [-0.25, -0.2) is 4.79 Å². The van der Waals surface area contributed by atoms with Gasteiger partial charge in [0, 0.05) is 18.8 Å². The van der Waals surface area contributed by atoms with E-state index < -0.39 is 5.60 Å². The van der Waals surface area contributed by atoms with E-state index in [0.29, 0.717) is 13.2 Å². The van der Waals surface area contributed by atoms with Crippen molar-refractivity contribution in [1.82, 2.24) is 16.0 Å². The number of carbonyl (C=O) groups excluding carboxylic acids is 1. The molecule has 7 heteroatoms. The third kappa shape index (κ3) is 6.52. The number of unbranched alkanes of at least 4 members (excludes halogenated alkanes) is 1. The van der Waals surface area contributed by atoms with Crippen LogP contribution in [-0.2, 0) is 9.47 Å². The number of amides is 1. The molecule has 0 aromatic heterocycles. The molecule has 1 fully saturated rings. The molecule has 3 atom stereocenters. The van der Waals surface area contributed by atoms with Crippen molar-refractivity contribution in [3.8, 4) is 0 Å². The molecule has 2 rings (SSSR count). The molecule has 0 radical (unpaired) electrons. The smallest absolute Gasteiger partial charge is 0.407 e. The van der Waals surface area contributed by atoms with E-state index in [0.717, 1.165) is 31.4 Å². The highest BCUT2D eigenvalue weighted by molar-refractivity contribution is 5.67. The molecule has 27 heavy (non-hydrogen) atoms. The normalized spacial score (nSPS) is 27.8. The first-order valence-electron chi connectivity index (χ1n) is 9.92. The van der Waals surface area contributed by atoms with Crippen LogP contribution in [-0.4, -0.2) is 42.8 Å². The highest BCUT2D eigenvalue weighted by Crippen LogP contribution is 2.31. The van der Waals surface area contributed by atoms with Crippen LogP contribution in [0.2, 0.25) is 0 Å². The zero-order valence-corrected chi connectivity index (χ0v) is 17.4. The van der Waals surface area contributed by atoms with Gasteiger partial charge in [0.2, 0.25) is 0 Å². The molecule has 1 aliphatic heterocycles. The lowest BCUT2D eigenvalue weighted by Crippen LogP contribution is -2.69. The maximum atomic E-state index is 11.6. The number of hydrogen-bond acceptors (Lipinski definition) is 6. The fourth-order valence-electron chi connectivity index (χ4n) is 3.21. The highest BCUT2D eigenvalue weighted by Gasteiger charge is 2.40. The molecule has 5 N–H and O–H groups in total. The van der Waals surface area contributed by atoms with Gasteiger partial charge in [0.05, 0.1) is 5.54 Å². The van der Waals surface area contributed by atoms with Crippen LogP contribution in [0.25, 0.3) is 0 Å². The first kappa shape index (κ1) is 21.7. The van der Waals surface area contributed by atoms with Gasteiger partial charge in [0.15, 0.2) is 6.23 Å². The molecule has 154 valence electrons. The molecule has 0 spiro atoms. The fourth-order valence-corrected chi connectivity index (χ4v) is 3.21. The number of carbonyl (C=O) groups is 1. The molecule has 0 aromatic rings. The molecule has 1 amide bonds. The Hall–Kier alpha value is -1.57. The summed E-state index contributed by atoms with van der Waals surface area (Å²) in [6.07, 6.45) is 7.13. The van der Waals surface area contributed by atoms with E-state index in [1.54, 1.807) is 0 Å². The summed E-state index contributed by atoms with van der Waals surface area (Å²) < 4.78 is 11.1. The van der Waals surface area contributed by atoms with Crippen molar-refractivity contribution in [2.75, 3.05) is 13.2 Å². The van der Waals surface area contributed by atoms with Gasteiger partial charge in [0.1, 0.15) is 11.8 Å². The predicted octanol–water partition coefficient (Wildman–Crippen LogP) is 2.49. The first-order chi connectivity index (χ1) is 12.6. The second-order valence-electron chi connectivity index (χ2n) is 8.47. The molecule has 0 bridgehead atoms. The number of nitrogens with one attached hydrogen (secondary N) is 3. The first-order valence-corrected chi connectivity index (χ1v) is 9.92. The summed E-state index contributed by atoms with van der Waals surface area (Å²) in [6.45, 7) is 11.0. The molecule has 0 saturated carbocycles. The maximum Gasteiger partial charge on any atom is 0.407 e. The predicted molar refractivity (Wildman–Crippen MR) is 107 cm³/mol. The third-order valence-electron chi connectivity index (χ3n) is 4.75. The summed E-state index contributed by atoms with van der Waals surface area (Å²) in [5, 5.41) is 9.70. The minimum Gasteiger partial charge on any atom is -0.444 e. The van der Waals surface area contributed by atoms with Crippen molar-refractivity contribution in [3.05, 3.63) is 23.4 Å². The van der Waals surface area contributed by atoms with Crippen molar-refractivity contribution in [2.24, 2.45) is 5.73 Å². The summed E-state index contributed by atoms with van der Waals surface area (Å²) in [7, 11) is 0. The molecule has 0 aromatic carbocycles. The standard InChI is InChI=1S/C20H36N4O3/c1-6-14-9-10-20(5)15(13-14)23-17(16(21)24-20)26-12-8-7-11-22-18(25)27-19(2,3)4/h9,13,16-17,23-24H,6-8,10-12,21H2,1-5H3,(H,22,25). The van der Waals surface area contributed by atoms with Gasteiger partial charge in [-0.2, -0.15) is 0 Å². The molecular formula is C20H36N4O3. The average Bonchev–Trinajstić information content (AvgIpc) is 2.56. The molecule has 1 aliphatic carbocycles. The average molecular weight is 381 g/mol. The Morgan fingerprint density at radius 3 is 2.81 bits per heavy atom. The molecule has 3 unspecified atom stereocenters. The Kier molecular flexibility index (Phi) is 7.31. The number of fused-ring (bicyclic) bond motifs is 1. The second kappa shape index (κ2) is 9.08. The molecule has 2 aliphatic rings. The highest BCUT2D eigenvalue weighted by atomic mass is 16.6. The second-order valence-corrected chi connectivity index (χ2v) is 8.47. The fraction of sp³-hybridized carbons (Fsp3) is 0.750. The van der Waals surface area contributed by atoms with E-state index in [1.165, 1.54) is 5.57 Å². The molecular weight excluding hydrogens is 344 g/mol. The largest absolute Gasteiger partial charge is 0.444 e. The lowest BCUT2D eigenvalue weighted by Gasteiger charge is -2.46. The lowest BCUT2D eigenvalue weighted by atomic mass is 9.84. The third-order valence-corrected chi connectivity index (χ3v) is 4.75. The number of ether oxygens (including phenoxy) is 2. The molecule has 7 nitrogen and oxygen atoms in total. The molecule has 1 saturated heterocycles. The van der Waals surface area contributed by atoms with E-state index >= 15 is 0 Å². The summed E-state index contributed by atoms with van der Waals surface area (Å²) in [5.74, 6) is 0. The van der Waals surface area contributed by atoms with E-state index in [-0.39, 0.29) is 24.0 Å². The topological polar surface area (TPSA) is 97.6 Å². The van der Waals surface area contributed by atoms with Crippen molar-refractivity contribution >= 4 is 6.09 Å². The minimum atomic E-state index is -0.474. The number of rotatable bonds is 7. The van der Waals surface area contributed by atoms with Crippen molar-refractivity contribution < 1.29 is 14.3 Å². The van der Waals surface area contributed by atoms with E-state index in [4.69, 9.17) is 15.2 Å². The quantitative estimate of drug-likeness (QED) is 0.507. The zero-order chi connectivity index (χ0) is 20.1. The Morgan fingerprint density at radius 1 is 1.41 bits per heavy atom. The number of alkyl carbamates (subject to hydrolysis) is 1. The molecule has 1 heterocycles. The van der Waals surface area contributed by atoms with Gasteiger partial charge in [-0.3, -0.25) is 5.32 Å². The van der Waals surface area contributed by atoms with Crippen LogP contribution < -0.4 is 21.7 Å². The summed E-state index contributed by atoms with van der Waals surface area (Å²) in [4.78, 5) is 11.6. The van der Waals surface area contributed by atoms with Gasteiger partial charge in [-0.05, 0) is 59.5 Å². The van der Waals surface area contributed by atoms with E-state index in [9.17, 15) is 4.79 Å². The van der Waals surface area contributed by atoms with Gasteiger partial charge >= 0.3 is 6.09 Å². The summed E-state index contributed by atoms with van der Waals surface area (Å²) in [5.41, 5.74) is 8.10. The van der Waals surface area contributed by atoms with E-state index in [1.807, 2.05) is 20.8 Å². The Bertz CT molecular complexity index is 582. The summed E-state index contributed by atoms with van der Waals surface area (Å²) >= 11 is 0. The van der Waals surface area contributed by atoms with Gasteiger partial charge < -0.3 is 25.8 Å². The van der Waals surface area contributed by atoms with Crippen molar-refractivity contribution in [3.63, 3.8) is 0 Å². The van der Waals surface area contributed by atoms with Crippen LogP contribution in [0.1, 0.15) is 60.3 Å². The van der Waals surface area contributed by atoms with Crippen LogP contribution in [0, 0.1) is 0 Å². The Balaban J connectivity index is 1.70. The SMILES string of the molecule is CCC1=CCC2(C)NC(N)C(OCCCCNC(=O)OC(C)(C)C)NC2=C1. The van der Waals surface area contributed by atoms with E-state index in [2.05, 4.69) is 41.9 Å². The van der Waals surface area contributed by atoms with Crippen LogP contribution in [0.15, 0.2) is 23.4 Å². The van der Waals surface area contributed by atoms with Crippen LogP contribution >= 0.6 is 0 Å². The van der Waals surface area contributed by atoms with Crippen LogP contribution in [0.3, 0.4) is 0 Å². The Morgan fingerprint density at radius 2 is 2.15 bits per heavy atom. The van der Waals surface area contributed by atoms with Gasteiger partial charge in [-0.15, -0.1) is 0 Å². The number of allylic oxidation sites excluding steroid dienone is 2. The maximum absolute atomic E-state index is 11.6. The number of piperazine rings is 1. The minimum absolute atomic E-state index is 0.157. The van der Waals surface area contributed by atoms with Crippen molar-refractivity contribution in [2.45, 2.75) is 83.8 Å². The summed E-state index contributed by atoms with van der Waals surface area (Å²) in [6, 6.07) is 0.